The van der Waals surface area contributed by atoms with E-state index in [0.717, 1.165) is 11.1 Å². The lowest BCUT2D eigenvalue weighted by molar-refractivity contribution is -0.140. The molecule has 6 heteroatoms. The first-order chi connectivity index (χ1) is 9.92. The number of aryl methyl sites for hydroxylation is 2. The molecule has 6 nitrogen and oxygen atoms in total. The Balaban J connectivity index is 2.38. The van der Waals surface area contributed by atoms with Crippen LogP contribution in [0.5, 0.6) is 0 Å². The normalized spacial score (nSPS) is 9.86. The first kappa shape index (κ1) is 16.7. The molecular formula is C15H20N2O4. The standard InChI is InChI=1S/C15H20N2O4/c1-10-6-11(2)8-12(7-10)15(20)17-9-13(18)16-5-4-14(19)21-3/h6-8H,4-5,9H2,1-3H3,(H,16,18)(H,17,20). The summed E-state index contributed by atoms with van der Waals surface area (Å²) in [5.41, 5.74) is 2.50. The lowest BCUT2D eigenvalue weighted by Gasteiger charge is -2.08. The van der Waals surface area contributed by atoms with E-state index in [4.69, 9.17) is 0 Å². The molecule has 2 N–H and O–H groups in total. The summed E-state index contributed by atoms with van der Waals surface area (Å²) in [6, 6.07) is 5.49. The number of carbonyl (C=O) groups is 3. The summed E-state index contributed by atoms with van der Waals surface area (Å²) < 4.78 is 4.45. The highest BCUT2D eigenvalue weighted by Gasteiger charge is 2.09. The van der Waals surface area contributed by atoms with Gasteiger partial charge in [0.2, 0.25) is 5.91 Å². The minimum atomic E-state index is -0.394. The molecule has 0 bridgehead atoms. The quantitative estimate of drug-likeness (QED) is 0.756. The Bertz CT molecular complexity index is 520. The molecule has 0 fully saturated rings. The highest BCUT2D eigenvalue weighted by Crippen LogP contribution is 2.08. The zero-order valence-corrected chi connectivity index (χ0v) is 12.5. The van der Waals surface area contributed by atoms with Crippen molar-refractivity contribution in [2.24, 2.45) is 0 Å². The fourth-order valence-corrected chi connectivity index (χ4v) is 1.84. The molecule has 0 heterocycles. The predicted octanol–water partition coefficient (Wildman–Crippen LogP) is 0.713. The topological polar surface area (TPSA) is 84.5 Å². The number of nitrogens with one attached hydrogen (secondary N) is 2. The second-order valence-corrected chi connectivity index (χ2v) is 4.74. The first-order valence-electron chi connectivity index (χ1n) is 6.62. The van der Waals surface area contributed by atoms with Crippen LogP contribution in [0.15, 0.2) is 18.2 Å². The second kappa shape index (κ2) is 8.04. The fraction of sp³-hybridized carbons (Fsp3) is 0.400. The minimum absolute atomic E-state index is 0.104. The first-order valence-corrected chi connectivity index (χ1v) is 6.62. The van der Waals surface area contributed by atoms with E-state index in [1.165, 1.54) is 7.11 Å². The summed E-state index contributed by atoms with van der Waals surface area (Å²) in [5.74, 6) is -1.05. The van der Waals surface area contributed by atoms with Crippen LogP contribution in [0.4, 0.5) is 0 Å². The number of hydrogen-bond donors (Lipinski definition) is 2. The molecule has 2 amide bonds. The lowest BCUT2D eigenvalue weighted by Crippen LogP contribution is -2.37. The third kappa shape index (κ3) is 6.07. The molecule has 114 valence electrons. The van der Waals surface area contributed by atoms with E-state index in [2.05, 4.69) is 15.4 Å². The number of esters is 1. The SMILES string of the molecule is COC(=O)CCNC(=O)CNC(=O)c1cc(C)cc(C)c1. The Kier molecular flexibility index (Phi) is 6.39. The summed E-state index contributed by atoms with van der Waals surface area (Å²) in [6.45, 7) is 3.87. The maximum atomic E-state index is 11.9. The molecule has 1 rings (SSSR count). The largest absolute Gasteiger partial charge is 0.469 e. The van der Waals surface area contributed by atoms with Crippen LogP contribution >= 0.6 is 0 Å². The maximum absolute atomic E-state index is 11.9. The highest BCUT2D eigenvalue weighted by molar-refractivity contribution is 5.96. The molecule has 0 aromatic heterocycles. The summed E-state index contributed by atoms with van der Waals surface area (Å²) in [6.07, 6.45) is 0.104. The Morgan fingerprint density at radius 3 is 2.24 bits per heavy atom. The van der Waals surface area contributed by atoms with E-state index >= 15 is 0 Å². The number of ether oxygens (including phenoxy) is 1. The third-order valence-corrected chi connectivity index (χ3v) is 2.77. The van der Waals surface area contributed by atoms with Gasteiger partial charge in [0.1, 0.15) is 0 Å². The van der Waals surface area contributed by atoms with Gasteiger partial charge in [-0.1, -0.05) is 17.2 Å². The van der Waals surface area contributed by atoms with Gasteiger partial charge in [-0.2, -0.15) is 0 Å². The monoisotopic (exact) mass is 292 g/mol. The molecule has 0 aliphatic rings. The van der Waals surface area contributed by atoms with Crippen molar-refractivity contribution in [2.75, 3.05) is 20.2 Å². The van der Waals surface area contributed by atoms with Crippen LogP contribution in [0.25, 0.3) is 0 Å². The molecule has 0 saturated heterocycles. The van der Waals surface area contributed by atoms with E-state index in [1.807, 2.05) is 19.9 Å². The predicted molar refractivity (Wildman–Crippen MR) is 77.9 cm³/mol. The Morgan fingerprint density at radius 2 is 1.67 bits per heavy atom. The molecule has 0 aliphatic heterocycles. The average Bonchev–Trinajstić information content (AvgIpc) is 2.43. The van der Waals surface area contributed by atoms with Crippen molar-refractivity contribution in [2.45, 2.75) is 20.3 Å². The van der Waals surface area contributed by atoms with Crippen molar-refractivity contribution < 1.29 is 19.1 Å². The van der Waals surface area contributed by atoms with Crippen LogP contribution in [0.2, 0.25) is 0 Å². The van der Waals surface area contributed by atoms with E-state index in [0.29, 0.717) is 5.56 Å². The molecule has 0 aliphatic carbocycles. The average molecular weight is 292 g/mol. The molecule has 0 saturated carbocycles. The van der Waals surface area contributed by atoms with Gasteiger partial charge in [-0.05, 0) is 26.0 Å². The number of amides is 2. The van der Waals surface area contributed by atoms with Crippen LogP contribution in [-0.2, 0) is 14.3 Å². The van der Waals surface area contributed by atoms with Gasteiger partial charge >= 0.3 is 5.97 Å². The second-order valence-electron chi connectivity index (χ2n) is 4.74. The van der Waals surface area contributed by atoms with Crippen molar-refractivity contribution in [1.82, 2.24) is 10.6 Å². The molecule has 0 atom stereocenters. The fourth-order valence-electron chi connectivity index (χ4n) is 1.84. The molecule has 0 radical (unpaired) electrons. The Hall–Kier alpha value is -2.37. The number of carbonyl (C=O) groups excluding carboxylic acids is 3. The molecule has 0 spiro atoms. The van der Waals surface area contributed by atoms with Crippen molar-refractivity contribution in [3.05, 3.63) is 34.9 Å². The summed E-state index contributed by atoms with van der Waals surface area (Å²) >= 11 is 0. The molecule has 1 aromatic carbocycles. The Morgan fingerprint density at radius 1 is 1.05 bits per heavy atom. The number of hydrogen-bond acceptors (Lipinski definition) is 4. The molecule has 0 unspecified atom stereocenters. The van der Waals surface area contributed by atoms with Crippen molar-refractivity contribution in [3.63, 3.8) is 0 Å². The van der Waals surface area contributed by atoms with Crippen LogP contribution in [0, 0.1) is 13.8 Å². The zero-order chi connectivity index (χ0) is 15.8. The van der Waals surface area contributed by atoms with Crippen molar-refractivity contribution in [3.8, 4) is 0 Å². The maximum Gasteiger partial charge on any atom is 0.307 e. The van der Waals surface area contributed by atoms with Gasteiger partial charge in [0, 0.05) is 12.1 Å². The zero-order valence-electron chi connectivity index (χ0n) is 12.5. The van der Waals surface area contributed by atoms with Gasteiger partial charge in [0.05, 0.1) is 20.1 Å². The smallest absolute Gasteiger partial charge is 0.307 e. The van der Waals surface area contributed by atoms with Gasteiger partial charge in [0.15, 0.2) is 0 Å². The molecule has 1 aromatic rings. The van der Waals surface area contributed by atoms with Crippen molar-refractivity contribution >= 4 is 17.8 Å². The van der Waals surface area contributed by atoms with E-state index < -0.39 is 5.97 Å². The number of methoxy groups -OCH3 is 1. The van der Waals surface area contributed by atoms with Crippen LogP contribution in [0.3, 0.4) is 0 Å². The summed E-state index contributed by atoms with van der Waals surface area (Å²) in [5, 5.41) is 5.06. The van der Waals surface area contributed by atoms with Gasteiger partial charge in [0.25, 0.3) is 5.91 Å². The molecule has 21 heavy (non-hydrogen) atoms. The molecular weight excluding hydrogens is 272 g/mol. The summed E-state index contributed by atoms with van der Waals surface area (Å²) in [4.78, 5) is 34.3. The van der Waals surface area contributed by atoms with Gasteiger partial charge in [-0.25, -0.2) is 0 Å². The number of benzene rings is 1. The van der Waals surface area contributed by atoms with E-state index in [1.54, 1.807) is 12.1 Å². The van der Waals surface area contributed by atoms with Gasteiger partial charge in [-0.15, -0.1) is 0 Å². The lowest BCUT2D eigenvalue weighted by atomic mass is 10.1. The van der Waals surface area contributed by atoms with Crippen LogP contribution < -0.4 is 10.6 Å². The third-order valence-electron chi connectivity index (χ3n) is 2.77. The minimum Gasteiger partial charge on any atom is -0.469 e. The Labute approximate surface area is 123 Å². The van der Waals surface area contributed by atoms with E-state index in [-0.39, 0.29) is 31.3 Å². The summed E-state index contributed by atoms with van der Waals surface area (Å²) in [7, 11) is 1.29. The van der Waals surface area contributed by atoms with Crippen LogP contribution in [0.1, 0.15) is 27.9 Å². The van der Waals surface area contributed by atoms with Crippen LogP contribution in [-0.4, -0.2) is 38.0 Å². The van der Waals surface area contributed by atoms with E-state index in [9.17, 15) is 14.4 Å². The number of rotatable bonds is 6. The highest BCUT2D eigenvalue weighted by atomic mass is 16.5. The van der Waals surface area contributed by atoms with Crippen molar-refractivity contribution in [1.29, 1.82) is 0 Å². The van der Waals surface area contributed by atoms with Gasteiger partial charge < -0.3 is 15.4 Å². The van der Waals surface area contributed by atoms with Gasteiger partial charge in [-0.3, -0.25) is 14.4 Å².